The van der Waals surface area contributed by atoms with E-state index in [4.69, 9.17) is 14.2 Å². The topological polar surface area (TPSA) is 271 Å². The summed E-state index contributed by atoms with van der Waals surface area (Å²) in [7, 11) is 1.30. The number of rotatable bonds is 10. The number of carbonyl (C=O) groups is 6. The summed E-state index contributed by atoms with van der Waals surface area (Å²) >= 11 is 0. The number of aliphatic hydroxyl groups is 3. The van der Waals surface area contributed by atoms with Crippen molar-refractivity contribution >= 4 is 35.1 Å². The molecule has 2 aliphatic heterocycles. The largest absolute Gasteiger partial charge is 0.507 e. The van der Waals surface area contributed by atoms with E-state index in [2.05, 4.69) is 15.6 Å². The van der Waals surface area contributed by atoms with Crippen molar-refractivity contribution < 1.29 is 68.5 Å². The standard InChI is InChI=1S/C41H44N4O14/c1-18(43-38(53)20-9-11-42-12-10-20)40(55)45-13-5-7-24(45)39(54)44-23-14-28(58-19(2)33(23)48)59-26-16-41(56,27(47)17-46)15-22-30(26)37(52)32-31(35(22)50)34(49)21-6-4-8-25(57-3)29(21)36(32)51/h4,6,8-12,18-19,23-24,26,28,33,46,48,50,52,56H,5,7,13-17H2,1-3H3,(H,43,53)(H,44,54)/t18-,19+,23+,24+,26+,28+,33+,41+/m1/s1. The van der Waals surface area contributed by atoms with Crippen molar-refractivity contribution in [3.63, 3.8) is 0 Å². The number of aliphatic hydroxyl groups excluding tert-OH is 2. The maximum Gasteiger partial charge on any atom is 0.252 e. The zero-order valence-electron chi connectivity index (χ0n) is 32.3. The maximum absolute atomic E-state index is 14.0. The molecule has 4 aliphatic rings. The number of pyridine rings is 1. The molecular weight excluding hydrogens is 772 g/mol. The van der Waals surface area contributed by atoms with Crippen LogP contribution < -0.4 is 15.4 Å². The van der Waals surface area contributed by atoms with Crippen LogP contribution in [0, 0.1) is 0 Å². The lowest BCUT2D eigenvalue weighted by molar-refractivity contribution is -0.249. The number of likely N-dealkylation sites (tertiary alicyclic amines) is 1. The van der Waals surface area contributed by atoms with Crippen LogP contribution in [0.25, 0.3) is 0 Å². The number of amides is 3. The Bertz CT molecular complexity index is 2230. The third-order valence-electron chi connectivity index (χ3n) is 11.6. The summed E-state index contributed by atoms with van der Waals surface area (Å²) in [6.45, 7) is 2.16. The van der Waals surface area contributed by atoms with Crippen LogP contribution in [0.3, 0.4) is 0 Å². The van der Waals surface area contributed by atoms with Gasteiger partial charge in [0.2, 0.25) is 17.6 Å². The Morgan fingerprint density at radius 3 is 2.46 bits per heavy atom. The molecule has 18 heteroatoms. The Kier molecular flexibility index (Phi) is 11.3. The summed E-state index contributed by atoms with van der Waals surface area (Å²) in [5, 5.41) is 61.5. The molecule has 0 spiro atoms. The number of hydrogen-bond donors (Lipinski definition) is 7. The Morgan fingerprint density at radius 2 is 1.76 bits per heavy atom. The molecule has 59 heavy (non-hydrogen) atoms. The van der Waals surface area contributed by atoms with Crippen LogP contribution in [0.2, 0.25) is 0 Å². The first-order valence-corrected chi connectivity index (χ1v) is 19.1. The summed E-state index contributed by atoms with van der Waals surface area (Å²) in [6, 6.07) is 4.33. The number of aromatic hydroxyl groups is 2. The third kappa shape index (κ3) is 7.31. The smallest absolute Gasteiger partial charge is 0.252 e. The van der Waals surface area contributed by atoms with E-state index in [-0.39, 0.29) is 41.0 Å². The highest BCUT2D eigenvalue weighted by molar-refractivity contribution is 6.31. The molecule has 7 rings (SSSR count). The highest BCUT2D eigenvalue weighted by Gasteiger charge is 2.51. The van der Waals surface area contributed by atoms with E-state index in [1.807, 2.05) is 0 Å². The number of fused-ring (bicyclic) bond motifs is 3. The second kappa shape index (κ2) is 16.1. The number of aromatic nitrogens is 1. The predicted molar refractivity (Wildman–Crippen MR) is 202 cm³/mol. The lowest BCUT2D eigenvalue weighted by Crippen LogP contribution is -2.59. The van der Waals surface area contributed by atoms with E-state index in [0.717, 1.165) is 0 Å². The molecule has 8 atom stereocenters. The number of Topliss-reactive ketones (excluding diaryl/α,β-unsaturated/α-hetero) is 1. The molecule has 3 amide bonds. The Morgan fingerprint density at radius 1 is 1.05 bits per heavy atom. The first kappa shape index (κ1) is 41.4. The number of methoxy groups -OCH3 is 1. The van der Waals surface area contributed by atoms with Crippen molar-refractivity contribution in [1.82, 2.24) is 20.5 Å². The van der Waals surface area contributed by atoms with Crippen LogP contribution in [0.4, 0.5) is 0 Å². The van der Waals surface area contributed by atoms with Gasteiger partial charge in [-0.3, -0.25) is 33.8 Å². The van der Waals surface area contributed by atoms with Crippen molar-refractivity contribution in [3.05, 3.63) is 81.7 Å². The van der Waals surface area contributed by atoms with Gasteiger partial charge in [0.05, 0.1) is 42.0 Å². The van der Waals surface area contributed by atoms with E-state index in [1.54, 1.807) is 0 Å². The molecule has 3 heterocycles. The molecule has 2 aliphatic carbocycles. The van der Waals surface area contributed by atoms with Gasteiger partial charge in [-0.1, -0.05) is 12.1 Å². The van der Waals surface area contributed by atoms with Crippen LogP contribution in [0.1, 0.15) is 99.0 Å². The molecule has 0 unspecified atom stereocenters. The molecule has 312 valence electrons. The predicted octanol–water partition coefficient (Wildman–Crippen LogP) is 0.363. The highest BCUT2D eigenvalue weighted by Crippen LogP contribution is 2.52. The van der Waals surface area contributed by atoms with Crippen LogP contribution in [-0.2, 0) is 30.3 Å². The summed E-state index contributed by atoms with van der Waals surface area (Å²) in [6.07, 6.45) is -2.91. The second-order valence-electron chi connectivity index (χ2n) is 15.2. The van der Waals surface area contributed by atoms with Crippen molar-refractivity contribution in [2.75, 3.05) is 20.3 Å². The van der Waals surface area contributed by atoms with Gasteiger partial charge >= 0.3 is 0 Å². The molecule has 0 saturated carbocycles. The lowest BCUT2D eigenvalue weighted by atomic mass is 9.72. The molecule has 0 bridgehead atoms. The third-order valence-corrected chi connectivity index (χ3v) is 11.6. The van der Waals surface area contributed by atoms with Gasteiger partial charge in [0.1, 0.15) is 47.6 Å². The van der Waals surface area contributed by atoms with Gasteiger partial charge in [-0.2, -0.15) is 0 Å². The average molecular weight is 817 g/mol. The Hall–Kier alpha value is -5.79. The molecule has 0 radical (unpaired) electrons. The van der Waals surface area contributed by atoms with E-state index in [0.29, 0.717) is 18.4 Å². The van der Waals surface area contributed by atoms with Crippen molar-refractivity contribution in [2.24, 2.45) is 0 Å². The number of nitrogens with zero attached hydrogens (tertiary/aromatic N) is 2. The zero-order chi connectivity index (χ0) is 42.5. The fraction of sp³-hybridized carbons (Fsp3) is 0.439. The van der Waals surface area contributed by atoms with Crippen LogP contribution in [0.5, 0.6) is 17.2 Å². The molecular formula is C41H44N4O14. The SMILES string of the molecule is COc1cccc2c1C(=O)c1c(O)c3c(c(O)c1C2=O)C[C@@](O)(C(=O)CO)C[C@@H]3O[C@H]1C[C@H](NC(=O)[C@@H]2CCCN2C(=O)[C@@H](C)NC(=O)c2ccncc2)[C@@H](O)[C@H](C)O1. The van der Waals surface area contributed by atoms with Crippen LogP contribution in [-0.4, -0.2) is 133 Å². The minimum absolute atomic E-state index is 0.0439. The molecule has 1 aromatic heterocycles. The van der Waals surface area contributed by atoms with Gasteiger partial charge in [0, 0.05) is 60.5 Å². The van der Waals surface area contributed by atoms with Gasteiger partial charge in [-0.05, 0) is 44.9 Å². The number of phenols is 2. The average Bonchev–Trinajstić information content (AvgIpc) is 3.72. The van der Waals surface area contributed by atoms with E-state index in [1.165, 1.54) is 68.6 Å². The quantitative estimate of drug-likeness (QED) is 0.107. The van der Waals surface area contributed by atoms with E-state index >= 15 is 0 Å². The maximum atomic E-state index is 14.0. The number of benzene rings is 2. The van der Waals surface area contributed by atoms with Crippen LogP contribution in [0.15, 0.2) is 42.7 Å². The Labute approximate surface area is 337 Å². The van der Waals surface area contributed by atoms with Gasteiger partial charge in [0.25, 0.3) is 5.91 Å². The number of ether oxygens (including phenoxy) is 3. The summed E-state index contributed by atoms with van der Waals surface area (Å²) < 4.78 is 17.6. The Balaban J connectivity index is 1.14. The normalized spacial score (nSPS) is 26.6. The van der Waals surface area contributed by atoms with Crippen molar-refractivity contribution in [2.45, 2.75) is 94.3 Å². The first-order chi connectivity index (χ1) is 28.1. The van der Waals surface area contributed by atoms with Gasteiger partial charge in [-0.25, -0.2) is 0 Å². The van der Waals surface area contributed by atoms with Gasteiger partial charge in [-0.15, -0.1) is 0 Å². The molecule has 2 aromatic carbocycles. The lowest BCUT2D eigenvalue weighted by Gasteiger charge is -2.43. The van der Waals surface area contributed by atoms with E-state index in [9.17, 15) is 54.3 Å². The zero-order valence-corrected chi connectivity index (χ0v) is 32.3. The fourth-order valence-corrected chi connectivity index (χ4v) is 8.53. The van der Waals surface area contributed by atoms with Crippen molar-refractivity contribution in [3.8, 4) is 17.2 Å². The second-order valence-corrected chi connectivity index (χ2v) is 15.2. The fourth-order valence-electron chi connectivity index (χ4n) is 8.53. The van der Waals surface area contributed by atoms with Gasteiger partial charge < -0.3 is 55.3 Å². The number of nitrogens with one attached hydrogen (secondary N) is 2. The number of hydrogen-bond acceptors (Lipinski definition) is 15. The highest BCUT2D eigenvalue weighted by atomic mass is 16.7. The van der Waals surface area contributed by atoms with Crippen molar-refractivity contribution in [1.29, 1.82) is 0 Å². The minimum atomic E-state index is -2.38. The first-order valence-electron chi connectivity index (χ1n) is 19.1. The molecule has 18 nitrogen and oxygen atoms in total. The number of carbonyl (C=O) groups excluding carboxylic acids is 6. The summed E-state index contributed by atoms with van der Waals surface area (Å²) in [4.78, 5) is 86.0. The summed E-state index contributed by atoms with van der Waals surface area (Å²) in [5.74, 6) is -5.77. The molecule has 2 fully saturated rings. The summed E-state index contributed by atoms with van der Waals surface area (Å²) in [5.41, 5.74) is -3.92. The van der Waals surface area contributed by atoms with E-state index < -0.39 is 125 Å². The molecule has 3 aromatic rings. The monoisotopic (exact) mass is 816 g/mol. The van der Waals surface area contributed by atoms with Crippen LogP contribution >= 0.6 is 0 Å². The van der Waals surface area contributed by atoms with Gasteiger partial charge in [0.15, 0.2) is 17.9 Å². The number of phenolic OH excluding ortho intramolecular Hbond substituents is 2. The molecule has 2 saturated heterocycles. The number of ketones is 3. The minimum Gasteiger partial charge on any atom is -0.507 e. The molecule has 7 N–H and O–H groups in total.